The molecule has 0 aromatic heterocycles. The van der Waals surface area contributed by atoms with Crippen LogP contribution in [0, 0.1) is 0 Å². The first kappa shape index (κ1) is 15.0. The summed E-state index contributed by atoms with van der Waals surface area (Å²) in [5, 5.41) is 0. The molecule has 0 aromatic rings. The van der Waals surface area contributed by atoms with Crippen molar-refractivity contribution in [1.29, 1.82) is 0 Å². The molecule has 1 heterocycles. The molecule has 0 saturated carbocycles. The zero-order valence-corrected chi connectivity index (χ0v) is 11.6. The van der Waals surface area contributed by atoms with Crippen LogP contribution in [0.1, 0.15) is 84.0 Å². The van der Waals surface area contributed by atoms with E-state index in [1.165, 1.54) is 70.6 Å². The first-order chi connectivity index (χ1) is 8.43. The zero-order chi connectivity index (χ0) is 12.2. The average Bonchev–Trinajstić information content (AvgIpc) is 2.36. The van der Waals surface area contributed by atoms with Crippen LogP contribution in [0.4, 0.5) is 0 Å². The maximum Gasteiger partial charge on any atom is 0.0930 e. The van der Waals surface area contributed by atoms with E-state index in [4.69, 9.17) is 9.78 Å². The largest absolute Gasteiger partial charge is 0.236 e. The van der Waals surface area contributed by atoms with Gasteiger partial charge in [0.05, 0.1) is 12.7 Å². The smallest absolute Gasteiger partial charge is 0.0930 e. The molecule has 0 aliphatic carbocycles. The minimum atomic E-state index is 0.356. The summed E-state index contributed by atoms with van der Waals surface area (Å²) < 4.78 is 0. The van der Waals surface area contributed by atoms with E-state index in [9.17, 15) is 0 Å². The van der Waals surface area contributed by atoms with Crippen molar-refractivity contribution in [3.8, 4) is 0 Å². The van der Waals surface area contributed by atoms with Gasteiger partial charge in [-0.3, -0.25) is 0 Å². The Morgan fingerprint density at radius 2 is 1.65 bits per heavy atom. The van der Waals surface area contributed by atoms with Crippen molar-refractivity contribution < 1.29 is 9.78 Å². The summed E-state index contributed by atoms with van der Waals surface area (Å²) in [5.41, 5.74) is 0. The molecule has 0 spiro atoms. The lowest BCUT2D eigenvalue weighted by Crippen LogP contribution is -2.15. The van der Waals surface area contributed by atoms with E-state index >= 15 is 0 Å². The second-order valence-electron chi connectivity index (χ2n) is 5.30. The molecule has 1 aliphatic rings. The summed E-state index contributed by atoms with van der Waals surface area (Å²) in [4.78, 5) is 10.8. The molecule has 1 aliphatic heterocycles. The standard InChI is InChI=1S/C15H30O2/c1-2-3-4-6-9-12-15-13-10-7-5-8-11-14-16-17-15/h15H,2-14H2,1H3. The number of rotatable bonds is 6. The van der Waals surface area contributed by atoms with Crippen molar-refractivity contribution in [1.82, 2.24) is 0 Å². The summed E-state index contributed by atoms with van der Waals surface area (Å²) in [6.45, 7) is 3.05. The normalized spacial score (nSPS) is 23.5. The fourth-order valence-corrected chi connectivity index (χ4v) is 2.42. The van der Waals surface area contributed by atoms with Gasteiger partial charge in [0.15, 0.2) is 0 Å². The molecule has 1 unspecified atom stereocenters. The van der Waals surface area contributed by atoms with Crippen LogP contribution in [0.2, 0.25) is 0 Å². The Balaban J connectivity index is 2.05. The lowest BCUT2D eigenvalue weighted by atomic mass is 10.0. The fraction of sp³-hybridized carbons (Fsp3) is 1.00. The predicted molar refractivity (Wildman–Crippen MR) is 71.9 cm³/mol. The van der Waals surface area contributed by atoms with E-state index in [1.54, 1.807) is 0 Å². The van der Waals surface area contributed by atoms with E-state index in [0.717, 1.165) is 13.0 Å². The Morgan fingerprint density at radius 1 is 0.882 bits per heavy atom. The minimum Gasteiger partial charge on any atom is -0.236 e. The van der Waals surface area contributed by atoms with Crippen LogP contribution in [-0.2, 0) is 9.78 Å². The SMILES string of the molecule is CCCCCCCC1CCCCCCCOO1. The zero-order valence-electron chi connectivity index (χ0n) is 11.6. The van der Waals surface area contributed by atoms with Gasteiger partial charge in [0, 0.05) is 0 Å². The first-order valence-corrected chi connectivity index (χ1v) is 7.71. The number of unbranched alkanes of at least 4 members (excludes halogenated alkanes) is 4. The molecule has 1 atom stereocenters. The van der Waals surface area contributed by atoms with Crippen LogP contribution in [0.5, 0.6) is 0 Å². The highest BCUT2D eigenvalue weighted by Crippen LogP contribution is 2.17. The summed E-state index contributed by atoms with van der Waals surface area (Å²) in [5.74, 6) is 0. The lowest BCUT2D eigenvalue weighted by Gasteiger charge is -2.18. The molecular formula is C15H30O2. The third-order valence-electron chi connectivity index (χ3n) is 3.59. The molecule has 1 fully saturated rings. The van der Waals surface area contributed by atoms with Crippen molar-refractivity contribution in [3.63, 3.8) is 0 Å². The van der Waals surface area contributed by atoms with Crippen molar-refractivity contribution >= 4 is 0 Å². The molecule has 2 heteroatoms. The predicted octanol–water partition coefficient (Wildman–Crippen LogP) is 5.02. The molecule has 0 N–H and O–H groups in total. The van der Waals surface area contributed by atoms with Crippen LogP contribution in [0.25, 0.3) is 0 Å². The Bertz CT molecular complexity index is 149. The third kappa shape index (κ3) is 8.62. The molecule has 1 saturated heterocycles. The Labute approximate surface area is 107 Å². The van der Waals surface area contributed by atoms with Gasteiger partial charge in [-0.15, -0.1) is 0 Å². The van der Waals surface area contributed by atoms with Gasteiger partial charge in [0.25, 0.3) is 0 Å². The first-order valence-electron chi connectivity index (χ1n) is 7.71. The van der Waals surface area contributed by atoms with E-state index in [2.05, 4.69) is 6.92 Å². The Hall–Kier alpha value is -0.0800. The highest BCUT2D eigenvalue weighted by Gasteiger charge is 2.11. The van der Waals surface area contributed by atoms with Crippen molar-refractivity contribution in [2.75, 3.05) is 6.61 Å². The second-order valence-corrected chi connectivity index (χ2v) is 5.30. The van der Waals surface area contributed by atoms with Gasteiger partial charge in [-0.05, 0) is 19.3 Å². The molecule has 0 bridgehead atoms. The average molecular weight is 242 g/mol. The van der Waals surface area contributed by atoms with Crippen LogP contribution in [0.3, 0.4) is 0 Å². The van der Waals surface area contributed by atoms with Crippen LogP contribution < -0.4 is 0 Å². The molecule has 102 valence electrons. The molecule has 0 radical (unpaired) electrons. The molecule has 17 heavy (non-hydrogen) atoms. The van der Waals surface area contributed by atoms with Gasteiger partial charge >= 0.3 is 0 Å². The van der Waals surface area contributed by atoms with Crippen LogP contribution >= 0.6 is 0 Å². The molecule has 0 amide bonds. The fourth-order valence-electron chi connectivity index (χ4n) is 2.42. The van der Waals surface area contributed by atoms with E-state index in [1.807, 2.05) is 0 Å². The quantitative estimate of drug-likeness (QED) is 0.481. The number of hydrogen-bond donors (Lipinski definition) is 0. The maximum atomic E-state index is 5.53. The minimum absolute atomic E-state index is 0.356. The van der Waals surface area contributed by atoms with Gasteiger partial charge in [0.2, 0.25) is 0 Å². The van der Waals surface area contributed by atoms with E-state index in [-0.39, 0.29) is 0 Å². The van der Waals surface area contributed by atoms with Crippen LogP contribution in [-0.4, -0.2) is 12.7 Å². The van der Waals surface area contributed by atoms with Gasteiger partial charge in [-0.25, -0.2) is 9.78 Å². The Kier molecular flexibility index (Phi) is 9.72. The van der Waals surface area contributed by atoms with E-state index < -0.39 is 0 Å². The summed E-state index contributed by atoms with van der Waals surface area (Å²) in [6, 6.07) is 0. The maximum absolute atomic E-state index is 5.53. The van der Waals surface area contributed by atoms with Gasteiger partial charge < -0.3 is 0 Å². The number of hydrogen-bond acceptors (Lipinski definition) is 2. The van der Waals surface area contributed by atoms with Crippen LogP contribution in [0.15, 0.2) is 0 Å². The summed E-state index contributed by atoms with van der Waals surface area (Å²) in [7, 11) is 0. The van der Waals surface area contributed by atoms with Gasteiger partial charge in [-0.1, -0.05) is 64.7 Å². The summed E-state index contributed by atoms with van der Waals surface area (Å²) in [6.07, 6.45) is 16.0. The topological polar surface area (TPSA) is 18.5 Å². The highest BCUT2D eigenvalue weighted by atomic mass is 17.2. The molecule has 1 rings (SSSR count). The van der Waals surface area contributed by atoms with Crippen molar-refractivity contribution in [2.45, 2.75) is 90.1 Å². The van der Waals surface area contributed by atoms with E-state index in [0.29, 0.717) is 6.10 Å². The van der Waals surface area contributed by atoms with Gasteiger partial charge in [-0.2, -0.15) is 0 Å². The van der Waals surface area contributed by atoms with Crippen molar-refractivity contribution in [2.24, 2.45) is 0 Å². The third-order valence-corrected chi connectivity index (χ3v) is 3.59. The highest BCUT2D eigenvalue weighted by molar-refractivity contribution is 4.59. The summed E-state index contributed by atoms with van der Waals surface area (Å²) >= 11 is 0. The lowest BCUT2D eigenvalue weighted by molar-refractivity contribution is -0.327. The molecular weight excluding hydrogens is 212 g/mol. The van der Waals surface area contributed by atoms with Gasteiger partial charge in [0.1, 0.15) is 0 Å². The second kappa shape index (κ2) is 11.0. The Morgan fingerprint density at radius 3 is 2.53 bits per heavy atom. The molecule has 0 aromatic carbocycles. The van der Waals surface area contributed by atoms with Crippen molar-refractivity contribution in [3.05, 3.63) is 0 Å². The molecule has 2 nitrogen and oxygen atoms in total. The monoisotopic (exact) mass is 242 g/mol.